The molecule has 0 unspecified atom stereocenters. The van der Waals surface area contributed by atoms with E-state index in [0.717, 1.165) is 0 Å². The molecule has 0 fully saturated rings. The highest BCUT2D eigenvalue weighted by Crippen LogP contribution is 2.27. The van der Waals surface area contributed by atoms with Gasteiger partial charge in [0.15, 0.2) is 0 Å². The van der Waals surface area contributed by atoms with Crippen molar-refractivity contribution in [1.82, 2.24) is 4.72 Å². The van der Waals surface area contributed by atoms with Gasteiger partial charge in [-0.05, 0) is 57.3 Å². The van der Waals surface area contributed by atoms with Crippen LogP contribution in [-0.4, -0.2) is 5.54 Å². The Labute approximate surface area is 98.9 Å². The van der Waals surface area contributed by atoms with Gasteiger partial charge in [-0.25, -0.2) is 0 Å². The van der Waals surface area contributed by atoms with Gasteiger partial charge in [0, 0.05) is 14.9 Å². The average Bonchev–Trinajstić information content (AvgIpc) is 2.06. The zero-order chi connectivity index (χ0) is 10.8. The zero-order valence-corrected chi connectivity index (χ0v) is 11.4. The third kappa shape index (κ3) is 3.64. The summed E-state index contributed by atoms with van der Waals surface area (Å²) in [5.41, 5.74) is 1.42. The van der Waals surface area contributed by atoms with Crippen LogP contribution in [0.15, 0.2) is 27.6 Å². The van der Waals surface area contributed by atoms with E-state index >= 15 is 0 Å². The summed E-state index contributed by atoms with van der Waals surface area (Å²) in [6.45, 7) is 8.60. The van der Waals surface area contributed by atoms with Gasteiger partial charge in [0.2, 0.25) is 0 Å². The molecule has 0 heterocycles. The summed E-state index contributed by atoms with van der Waals surface area (Å²) in [5, 5.41) is 0. The van der Waals surface area contributed by atoms with E-state index in [1.54, 1.807) is 11.9 Å². The summed E-state index contributed by atoms with van der Waals surface area (Å²) in [7, 11) is 0. The smallest absolute Gasteiger partial charge is 0.0268 e. The van der Waals surface area contributed by atoms with Crippen LogP contribution in [0, 0.1) is 6.92 Å². The van der Waals surface area contributed by atoms with Crippen LogP contribution in [0.2, 0.25) is 0 Å². The minimum absolute atomic E-state index is 0.138. The number of nitrogens with one attached hydrogen (secondary N) is 1. The quantitative estimate of drug-likeness (QED) is 0.813. The lowest BCUT2D eigenvalue weighted by atomic mass is 10.1. The van der Waals surface area contributed by atoms with Crippen LogP contribution >= 0.6 is 27.9 Å². The predicted molar refractivity (Wildman–Crippen MR) is 67.6 cm³/mol. The maximum absolute atomic E-state index is 3.53. The van der Waals surface area contributed by atoms with Crippen LogP contribution in [-0.2, 0) is 0 Å². The molecular formula is C11H16BrNS. The fourth-order valence-electron chi connectivity index (χ4n) is 0.906. The summed E-state index contributed by atoms with van der Waals surface area (Å²) in [6.07, 6.45) is 0. The number of hydrogen-bond acceptors (Lipinski definition) is 2. The van der Waals surface area contributed by atoms with Crippen LogP contribution in [0.5, 0.6) is 0 Å². The van der Waals surface area contributed by atoms with Crippen molar-refractivity contribution < 1.29 is 0 Å². The van der Waals surface area contributed by atoms with E-state index < -0.39 is 0 Å². The molecule has 0 amide bonds. The Kier molecular flexibility index (Phi) is 4.04. The molecule has 1 N–H and O–H groups in total. The van der Waals surface area contributed by atoms with Gasteiger partial charge in [0.25, 0.3) is 0 Å². The van der Waals surface area contributed by atoms with E-state index in [0.29, 0.717) is 0 Å². The monoisotopic (exact) mass is 273 g/mol. The Morgan fingerprint density at radius 2 is 1.93 bits per heavy atom. The van der Waals surface area contributed by atoms with E-state index in [4.69, 9.17) is 0 Å². The molecule has 78 valence electrons. The molecule has 14 heavy (non-hydrogen) atoms. The van der Waals surface area contributed by atoms with Crippen molar-refractivity contribution in [2.75, 3.05) is 0 Å². The Bertz CT molecular complexity index is 318. The van der Waals surface area contributed by atoms with Crippen molar-refractivity contribution in [2.45, 2.75) is 38.1 Å². The second kappa shape index (κ2) is 4.69. The normalized spacial score (nSPS) is 11.8. The fourth-order valence-corrected chi connectivity index (χ4v) is 2.23. The highest BCUT2D eigenvalue weighted by Gasteiger charge is 2.10. The van der Waals surface area contributed by atoms with Gasteiger partial charge in [0.1, 0.15) is 0 Å². The van der Waals surface area contributed by atoms with Gasteiger partial charge in [-0.15, -0.1) is 0 Å². The Hall–Kier alpha value is 0.01000. The van der Waals surface area contributed by atoms with Gasteiger partial charge in [-0.1, -0.05) is 22.0 Å². The maximum atomic E-state index is 3.53. The molecule has 0 radical (unpaired) electrons. The lowest BCUT2D eigenvalue weighted by Crippen LogP contribution is -2.29. The first kappa shape index (κ1) is 12.1. The standard InChI is InChI=1S/C11H16BrNS/c1-8-9(12)6-5-7-10(8)14-13-11(2,3)4/h5-7,13H,1-4H3. The van der Waals surface area contributed by atoms with Crippen molar-refractivity contribution in [3.8, 4) is 0 Å². The van der Waals surface area contributed by atoms with Crippen molar-refractivity contribution in [3.63, 3.8) is 0 Å². The minimum atomic E-state index is 0.138. The highest BCUT2D eigenvalue weighted by molar-refractivity contribution is 9.10. The van der Waals surface area contributed by atoms with E-state index in [1.165, 1.54) is 14.9 Å². The summed E-state index contributed by atoms with van der Waals surface area (Å²) >= 11 is 5.21. The maximum Gasteiger partial charge on any atom is 0.0268 e. The van der Waals surface area contributed by atoms with E-state index in [1.807, 2.05) is 0 Å². The van der Waals surface area contributed by atoms with Crippen molar-refractivity contribution in [2.24, 2.45) is 0 Å². The first-order chi connectivity index (χ1) is 6.40. The topological polar surface area (TPSA) is 12.0 Å². The molecule has 3 heteroatoms. The Morgan fingerprint density at radius 3 is 2.50 bits per heavy atom. The predicted octanol–water partition coefficient (Wildman–Crippen LogP) is 4.15. The molecule has 0 atom stereocenters. The van der Waals surface area contributed by atoms with Crippen molar-refractivity contribution >= 4 is 27.9 Å². The molecule has 0 aliphatic rings. The number of rotatable bonds is 2. The molecule has 0 bridgehead atoms. The summed E-state index contributed by atoms with van der Waals surface area (Å²) in [6, 6.07) is 6.25. The molecule has 0 spiro atoms. The molecule has 0 saturated carbocycles. The van der Waals surface area contributed by atoms with Crippen molar-refractivity contribution in [1.29, 1.82) is 0 Å². The Morgan fingerprint density at radius 1 is 1.29 bits per heavy atom. The summed E-state index contributed by atoms with van der Waals surface area (Å²) < 4.78 is 4.57. The Balaban J connectivity index is 2.73. The fraction of sp³-hybridized carbons (Fsp3) is 0.455. The number of benzene rings is 1. The lowest BCUT2D eigenvalue weighted by molar-refractivity contribution is 0.535. The molecule has 0 aliphatic heterocycles. The molecule has 1 aromatic carbocycles. The SMILES string of the molecule is Cc1c(Br)cccc1SNC(C)(C)C. The largest absolute Gasteiger partial charge is 0.255 e. The zero-order valence-electron chi connectivity index (χ0n) is 9.02. The molecule has 0 aliphatic carbocycles. The van der Waals surface area contributed by atoms with Crippen LogP contribution < -0.4 is 4.72 Å². The lowest BCUT2D eigenvalue weighted by Gasteiger charge is -2.20. The molecule has 0 saturated heterocycles. The van der Waals surface area contributed by atoms with Gasteiger partial charge in [-0.3, -0.25) is 4.72 Å². The van der Waals surface area contributed by atoms with Gasteiger partial charge < -0.3 is 0 Å². The molecule has 1 rings (SSSR count). The van der Waals surface area contributed by atoms with Gasteiger partial charge >= 0.3 is 0 Å². The van der Waals surface area contributed by atoms with Crippen LogP contribution in [0.1, 0.15) is 26.3 Å². The number of hydrogen-bond donors (Lipinski definition) is 1. The van der Waals surface area contributed by atoms with E-state index in [-0.39, 0.29) is 5.54 Å². The molecular weight excluding hydrogens is 258 g/mol. The first-order valence-electron chi connectivity index (χ1n) is 4.59. The van der Waals surface area contributed by atoms with Crippen molar-refractivity contribution in [3.05, 3.63) is 28.2 Å². The number of halogens is 1. The third-order valence-electron chi connectivity index (χ3n) is 1.69. The highest BCUT2D eigenvalue weighted by atomic mass is 79.9. The second-order valence-corrected chi connectivity index (χ2v) is 6.02. The van der Waals surface area contributed by atoms with Gasteiger partial charge in [-0.2, -0.15) is 0 Å². The van der Waals surface area contributed by atoms with Crippen LogP contribution in [0.3, 0.4) is 0 Å². The first-order valence-corrected chi connectivity index (χ1v) is 6.20. The summed E-state index contributed by atoms with van der Waals surface area (Å²) in [4.78, 5) is 1.27. The van der Waals surface area contributed by atoms with Crippen LogP contribution in [0.25, 0.3) is 0 Å². The third-order valence-corrected chi connectivity index (χ3v) is 3.92. The van der Waals surface area contributed by atoms with Crippen LogP contribution in [0.4, 0.5) is 0 Å². The van der Waals surface area contributed by atoms with E-state index in [2.05, 4.69) is 66.5 Å². The average molecular weight is 274 g/mol. The summed E-state index contributed by atoms with van der Waals surface area (Å²) in [5.74, 6) is 0. The second-order valence-electron chi connectivity index (χ2n) is 4.32. The molecule has 0 aromatic heterocycles. The minimum Gasteiger partial charge on any atom is -0.255 e. The van der Waals surface area contributed by atoms with Gasteiger partial charge in [0.05, 0.1) is 0 Å². The molecule has 1 nitrogen and oxygen atoms in total. The van der Waals surface area contributed by atoms with E-state index in [9.17, 15) is 0 Å². The molecule has 1 aromatic rings.